The van der Waals surface area contributed by atoms with E-state index >= 15 is 0 Å². The average molecular weight is 396 g/mol. The minimum Gasteiger partial charge on any atom is -0.352 e. The van der Waals surface area contributed by atoms with Crippen molar-refractivity contribution in [3.63, 3.8) is 0 Å². The predicted octanol–water partition coefficient (Wildman–Crippen LogP) is 2.09. The Bertz CT molecular complexity index is 1210. The molecule has 3 aromatic rings. The number of halogens is 1. The van der Waals surface area contributed by atoms with E-state index in [1.165, 1.54) is 16.7 Å². The third kappa shape index (κ3) is 3.83. The summed E-state index contributed by atoms with van der Waals surface area (Å²) in [5.74, 6) is -0.493. The molecule has 0 saturated heterocycles. The highest BCUT2D eigenvalue weighted by Crippen LogP contribution is 2.39. The van der Waals surface area contributed by atoms with Gasteiger partial charge in [0.15, 0.2) is 5.65 Å². The number of hydrogen-bond donors (Lipinski definition) is 2. The quantitative estimate of drug-likeness (QED) is 0.667. The number of carbonyl (C=O) groups is 1. The molecule has 0 radical (unpaired) electrons. The molecule has 29 heavy (non-hydrogen) atoms. The lowest BCUT2D eigenvalue weighted by molar-refractivity contribution is 0.0955. The van der Waals surface area contributed by atoms with Crippen molar-refractivity contribution in [3.05, 3.63) is 73.8 Å². The van der Waals surface area contributed by atoms with E-state index in [0.29, 0.717) is 13.0 Å². The number of aryl methyl sites for hydroxylation is 1. The van der Waals surface area contributed by atoms with Gasteiger partial charge in [0.1, 0.15) is 5.82 Å². The molecular weight excluding hydrogens is 375 g/mol. The minimum absolute atomic E-state index is 0.110. The summed E-state index contributed by atoms with van der Waals surface area (Å²) in [5, 5.41) is 2.91. The summed E-state index contributed by atoms with van der Waals surface area (Å²) < 4.78 is 14.7. The van der Waals surface area contributed by atoms with Crippen molar-refractivity contribution in [2.24, 2.45) is 0 Å². The second-order valence-corrected chi connectivity index (χ2v) is 7.21. The summed E-state index contributed by atoms with van der Waals surface area (Å²) in [7, 11) is 0. The summed E-state index contributed by atoms with van der Waals surface area (Å²) in [6.07, 6.45) is 2.40. The van der Waals surface area contributed by atoms with Gasteiger partial charge in [-0.05, 0) is 49.9 Å². The highest BCUT2D eigenvalue weighted by atomic mass is 19.1. The Morgan fingerprint density at radius 1 is 1.31 bits per heavy atom. The lowest BCUT2D eigenvalue weighted by atomic mass is 10.1. The molecule has 1 aliphatic carbocycles. The number of aromatic nitrogens is 3. The van der Waals surface area contributed by atoms with Gasteiger partial charge in [0.2, 0.25) is 0 Å². The Labute approximate surface area is 165 Å². The van der Waals surface area contributed by atoms with Crippen LogP contribution in [0.1, 0.15) is 47.3 Å². The zero-order valence-electron chi connectivity index (χ0n) is 16.0. The lowest BCUT2D eigenvalue weighted by Crippen LogP contribution is -2.33. The SMILES string of the molecule is CCn1c(=O)[nH]c(=O)c2c(C(=O)NCCc3cccc(F)c3)cc(C3CC3)nc21. The van der Waals surface area contributed by atoms with Gasteiger partial charge in [0.25, 0.3) is 11.5 Å². The minimum atomic E-state index is -0.625. The first-order chi connectivity index (χ1) is 14.0. The summed E-state index contributed by atoms with van der Waals surface area (Å²) in [5.41, 5.74) is 0.768. The Kier molecular flexibility index (Phi) is 5.00. The van der Waals surface area contributed by atoms with E-state index in [4.69, 9.17) is 0 Å². The van der Waals surface area contributed by atoms with Crippen molar-refractivity contribution < 1.29 is 9.18 Å². The Morgan fingerprint density at radius 3 is 2.79 bits per heavy atom. The number of rotatable bonds is 6. The van der Waals surface area contributed by atoms with Crippen molar-refractivity contribution in [2.75, 3.05) is 6.54 Å². The van der Waals surface area contributed by atoms with Gasteiger partial charge in [-0.15, -0.1) is 0 Å². The fourth-order valence-corrected chi connectivity index (χ4v) is 3.46. The van der Waals surface area contributed by atoms with Crippen molar-refractivity contribution >= 4 is 16.9 Å². The number of nitrogens with one attached hydrogen (secondary N) is 2. The topological polar surface area (TPSA) is 96.9 Å². The number of hydrogen-bond acceptors (Lipinski definition) is 4. The number of aromatic amines is 1. The molecule has 0 bridgehead atoms. The molecule has 4 rings (SSSR count). The second-order valence-electron chi connectivity index (χ2n) is 7.21. The van der Waals surface area contributed by atoms with Crippen LogP contribution in [0.3, 0.4) is 0 Å². The van der Waals surface area contributed by atoms with Crippen LogP contribution in [0.15, 0.2) is 39.9 Å². The first-order valence-corrected chi connectivity index (χ1v) is 9.68. The number of H-pyrrole nitrogens is 1. The van der Waals surface area contributed by atoms with Crippen LogP contribution >= 0.6 is 0 Å². The highest BCUT2D eigenvalue weighted by molar-refractivity contribution is 6.05. The molecule has 0 atom stereocenters. The molecule has 1 aromatic carbocycles. The maximum Gasteiger partial charge on any atom is 0.329 e. The Hall–Kier alpha value is -3.29. The van der Waals surface area contributed by atoms with Crippen molar-refractivity contribution in [1.82, 2.24) is 19.9 Å². The van der Waals surface area contributed by atoms with Crippen molar-refractivity contribution in [3.8, 4) is 0 Å². The summed E-state index contributed by atoms with van der Waals surface area (Å²) >= 11 is 0. The molecule has 1 aliphatic rings. The molecule has 2 N–H and O–H groups in total. The molecular formula is C21H21FN4O3. The van der Waals surface area contributed by atoms with Gasteiger partial charge in [0.05, 0.1) is 10.9 Å². The predicted molar refractivity (Wildman–Crippen MR) is 107 cm³/mol. The van der Waals surface area contributed by atoms with Gasteiger partial charge in [-0.3, -0.25) is 19.1 Å². The molecule has 1 fully saturated rings. The van der Waals surface area contributed by atoms with Gasteiger partial charge in [-0.2, -0.15) is 0 Å². The second kappa shape index (κ2) is 7.62. The summed E-state index contributed by atoms with van der Waals surface area (Å²) in [6, 6.07) is 7.84. The average Bonchev–Trinajstić information content (AvgIpc) is 3.52. The fourth-order valence-electron chi connectivity index (χ4n) is 3.46. The number of carbonyl (C=O) groups excluding carboxylic acids is 1. The van der Waals surface area contributed by atoms with Crippen LogP contribution in [-0.4, -0.2) is 27.0 Å². The van der Waals surface area contributed by atoms with Crippen molar-refractivity contribution in [1.29, 1.82) is 0 Å². The molecule has 0 aliphatic heterocycles. The first kappa shape index (κ1) is 19.0. The smallest absolute Gasteiger partial charge is 0.329 e. The van der Waals surface area contributed by atoms with Crippen LogP contribution in [0, 0.1) is 5.82 Å². The molecule has 2 heterocycles. The van der Waals surface area contributed by atoms with Crippen molar-refractivity contribution in [2.45, 2.75) is 38.6 Å². The third-order valence-corrected chi connectivity index (χ3v) is 5.11. The van der Waals surface area contributed by atoms with Gasteiger partial charge in [-0.1, -0.05) is 12.1 Å². The van der Waals surface area contributed by atoms with E-state index in [2.05, 4.69) is 15.3 Å². The fraction of sp³-hybridized carbons (Fsp3) is 0.333. The van der Waals surface area contributed by atoms with Crippen LogP contribution < -0.4 is 16.6 Å². The van der Waals surface area contributed by atoms with E-state index in [-0.39, 0.29) is 34.9 Å². The summed E-state index contributed by atoms with van der Waals surface area (Å²) in [6.45, 7) is 2.40. The number of pyridine rings is 1. The van der Waals surface area contributed by atoms with Crippen LogP contribution in [0.4, 0.5) is 4.39 Å². The number of benzene rings is 1. The first-order valence-electron chi connectivity index (χ1n) is 9.68. The third-order valence-electron chi connectivity index (χ3n) is 5.11. The number of amides is 1. The molecule has 150 valence electrons. The largest absolute Gasteiger partial charge is 0.352 e. The van der Waals surface area contributed by atoms with Crippen LogP contribution in [0.2, 0.25) is 0 Å². The van der Waals surface area contributed by atoms with E-state index in [9.17, 15) is 18.8 Å². The Morgan fingerprint density at radius 2 is 2.10 bits per heavy atom. The lowest BCUT2D eigenvalue weighted by Gasteiger charge is -2.12. The summed E-state index contributed by atoms with van der Waals surface area (Å²) in [4.78, 5) is 44.3. The number of fused-ring (bicyclic) bond motifs is 1. The monoisotopic (exact) mass is 396 g/mol. The van der Waals surface area contributed by atoms with Crippen LogP contribution in [-0.2, 0) is 13.0 Å². The van der Waals surface area contributed by atoms with Gasteiger partial charge in [0, 0.05) is 24.7 Å². The highest BCUT2D eigenvalue weighted by Gasteiger charge is 2.28. The molecule has 0 spiro atoms. The van der Waals surface area contributed by atoms with E-state index in [0.717, 1.165) is 24.1 Å². The maximum absolute atomic E-state index is 13.3. The van der Waals surface area contributed by atoms with Crippen LogP contribution in [0.5, 0.6) is 0 Å². The van der Waals surface area contributed by atoms with E-state index < -0.39 is 17.2 Å². The zero-order chi connectivity index (χ0) is 20.5. The zero-order valence-corrected chi connectivity index (χ0v) is 16.0. The normalized spacial score (nSPS) is 13.6. The van der Waals surface area contributed by atoms with Crippen LogP contribution in [0.25, 0.3) is 11.0 Å². The van der Waals surface area contributed by atoms with Gasteiger partial charge in [-0.25, -0.2) is 14.2 Å². The number of nitrogens with zero attached hydrogens (tertiary/aromatic N) is 2. The molecule has 2 aromatic heterocycles. The molecule has 0 unspecified atom stereocenters. The molecule has 7 nitrogen and oxygen atoms in total. The van der Waals surface area contributed by atoms with E-state index in [1.807, 2.05) is 0 Å². The molecule has 1 saturated carbocycles. The molecule has 8 heteroatoms. The Balaban J connectivity index is 1.69. The van der Waals surface area contributed by atoms with Gasteiger partial charge >= 0.3 is 5.69 Å². The maximum atomic E-state index is 13.3. The van der Waals surface area contributed by atoms with Gasteiger partial charge < -0.3 is 5.32 Å². The molecule has 1 amide bonds. The van der Waals surface area contributed by atoms with E-state index in [1.54, 1.807) is 25.1 Å². The standard InChI is InChI=1S/C21H21FN4O3/c1-2-26-18-17(20(28)25-21(26)29)15(11-16(24-18)13-6-7-13)19(27)23-9-8-12-4-3-5-14(22)10-12/h3-5,10-11,13H,2,6-9H2,1H3,(H,23,27)(H,25,28,29).